The first kappa shape index (κ1) is 16.4. The Balaban J connectivity index is 1.80. The highest BCUT2D eigenvalue weighted by Gasteiger charge is 2.39. The van der Waals surface area contributed by atoms with E-state index in [1.807, 2.05) is 0 Å². The van der Waals surface area contributed by atoms with Crippen molar-refractivity contribution in [2.45, 2.75) is 12.8 Å². The highest BCUT2D eigenvalue weighted by Crippen LogP contribution is 2.32. The summed E-state index contributed by atoms with van der Waals surface area (Å²) in [6.45, 7) is 2.28. The maximum Gasteiger partial charge on any atom is 0.253 e. The number of amides is 1. The minimum Gasteiger partial charge on any atom is -0.494 e. The molecule has 1 amide bonds. The third kappa shape index (κ3) is 2.96. The topological polar surface area (TPSA) is 88.7 Å². The van der Waals surface area contributed by atoms with Gasteiger partial charge in [-0.3, -0.25) is 4.79 Å². The molecule has 7 nitrogen and oxygen atoms in total. The van der Waals surface area contributed by atoms with Crippen molar-refractivity contribution in [3.8, 4) is 5.75 Å². The molecule has 0 unspecified atom stereocenters. The molecule has 0 radical (unpaired) electrons. The number of benzene rings is 1. The highest BCUT2D eigenvalue weighted by atomic mass is 19.1. The molecule has 1 aliphatic heterocycles. The largest absolute Gasteiger partial charge is 0.494 e. The van der Waals surface area contributed by atoms with E-state index >= 15 is 0 Å². The zero-order valence-corrected chi connectivity index (χ0v) is 13.4. The number of likely N-dealkylation sites (tertiary alicyclic amines) is 1. The molecule has 0 spiro atoms. The van der Waals surface area contributed by atoms with Crippen molar-refractivity contribution < 1.29 is 23.6 Å². The van der Waals surface area contributed by atoms with Gasteiger partial charge in [-0.15, -0.1) is 0 Å². The van der Waals surface area contributed by atoms with Crippen molar-refractivity contribution in [3.05, 3.63) is 41.3 Å². The van der Waals surface area contributed by atoms with Crippen LogP contribution in [0.25, 0.3) is 0 Å². The first-order valence-electron chi connectivity index (χ1n) is 7.57. The molecule has 1 aromatic heterocycles. The predicted molar refractivity (Wildman–Crippen MR) is 81.2 cm³/mol. The number of rotatable bonds is 4. The van der Waals surface area contributed by atoms with Crippen molar-refractivity contribution in [1.82, 2.24) is 15.0 Å². The Morgan fingerprint density at radius 1 is 1.50 bits per heavy atom. The van der Waals surface area contributed by atoms with Crippen molar-refractivity contribution in [2.75, 3.05) is 26.8 Å². The molecule has 24 heavy (non-hydrogen) atoms. The van der Waals surface area contributed by atoms with E-state index in [0.717, 1.165) is 6.07 Å². The van der Waals surface area contributed by atoms with Gasteiger partial charge in [0.1, 0.15) is 0 Å². The van der Waals surface area contributed by atoms with E-state index in [4.69, 9.17) is 9.26 Å². The lowest BCUT2D eigenvalue weighted by Crippen LogP contribution is -2.29. The van der Waals surface area contributed by atoms with Crippen molar-refractivity contribution >= 4 is 5.91 Å². The summed E-state index contributed by atoms with van der Waals surface area (Å²) < 4.78 is 23.8. The number of hydrogen-bond acceptors (Lipinski definition) is 6. The van der Waals surface area contributed by atoms with Gasteiger partial charge >= 0.3 is 0 Å². The zero-order valence-electron chi connectivity index (χ0n) is 13.4. The van der Waals surface area contributed by atoms with E-state index in [1.165, 1.54) is 19.2 Å². The Kier molecular flexibility index (Phi) is 4.48. The number of carbonyl (C=O) groups excluding carboxylic acids is 1. The number of aliphatic hydroxyl groups excluding tert-OH is 1. The number of aryl methyl sites for hydroxylation is 1. The normalized spacial score (nSPS) is 20.4. The van der Waals surface area contributed by atoms with E-state index < -0.39 is 5.82 Å². The molecule has 128 valence electrons. The molecule has 0 aliphatic carbocycles. The van der Waals surface area contributed by atoms with Crippen LogP contribution in [0.5, 0.6) is 5.75 Å². The molecule has 1 N–H and O–H groups in total. The van der Waals surface area contributed by atoms with Gasteiger partial charge in [0, 0.05) is 31.2 Å². The average Bonchev–Trinajstić information content (AvgIpc) is 3.19. The van der Waals surface area contributed by atoms with Crippen LogP contribution in [0.2, 0.25) is 0 Å². The fourth-order valence-electron chi connectivity index (χ4n) is 2.95. The summed E-state index contributed by atoms with van der Waals surface area (Å²) in [5, 5.41) is 13.3. The second-order valence-corrected chi connectivity index (χ2v) is 5.79. The summed E-state index contributed by atoms with van der Waals surface area (Å²) in [6.07, 6.45) is 0. The quantitative estimate of drug-likeness (QED) is 0.908. The minimum atomic E-state index is -0.592. The number of nitrogens with zero attached hydrogens (tertiary/aromatic N) is 3. The van der Waals surface area contributed by atoms with E-state index in [2.05, 4.69) is 10.1 Å². The van der Waals surface area contributed by atoms with Gasteiger partial charge in [0.2, 0.25) is 5.89 Å². The molecule has 2 heterocycles. The summed E-state index contributed by atoms with van der Waals surface area (Å²) >= 11 is 0. The molecule has 0 saturated carbocycles. The zero-order chi connectivity index (χ0) is 17.3. The van der Waals surface area contributed by atoms with Crippen LogP contribution in [-0.4, -0.2) is 52.9 Å². The number of aliphatic hydroxyl groups is 1. The van der Waals surface area contributed by atoms with Crippen molar-refractivity contribution in [1.29, 1.82) is 0 Å². The number of aromatic nitrogens is 2. The molecule has 1 aliphatic rings. The number of carbonyl (C=O) groups is 1. The summed E-state index contributed by atoms with van der Waals surface area (Å²) in [7, 11) is 1.36. The molecule has 1 fully saturated rings. The Hall–Kier alpha value is -2.48. The number of hydrogen-bond donors (Lipinski definition) is 1. The van der Waals surface area contributed by atoms with Crippen LogP contribution in [0.1, 0.15) is 28.0 Å². The third-order valence-corrected chi connectivity index (χ3v) is 4.22. The molecular weight excluding hydrogens is 317 g/mol. The molecule has 8 heteroatoms. The standard InChI is InChI=1S/C16H18FN3O4/c1-9-18-15(24-19-9)12-7-20(6-11(12)8-21)16(22)10-3-4-14(23-2)13(17)5-10/h3-5,11-12,21H,6-8H2,1-2H3/t11-,12+/m0/s1. The first-order chi connectivity index (χ1) is 11.5. The van der Waals surface area contributed by atoms with Crippen molar-refractivity contribution in [2.24, 2.45) is 5.92 Å². The molecule has 1 aromatic carbocycles. The van der Waals surface area contributed by atoms with E-state index in [0.29, 0.717) is 24.8 Å². The lowest BCUT2D eigenvalue weighted by Gasteiger charge is -2.16. The van der Waals surface area contributed by atoms with Crippen LogP contribution in [-0.2, 0) is 0 Å². The monoisotopic (exact) mass is 335 g/mol. The Morgan fingerprint density at radius 3 is 2.88 bits per heavy atom. The van der Waals surface area contributed by atoms with Gasteiger partial charge in [0.15, 0.2) is 17.4 Å². The summed E-state index contributed by atoms with van der Waals surface area (Å²) in [5.74, 6) is -0.342. The van der Waals surface area contributed by atoms with Crippen molar-refractivity contribution in [3.63, 3.8) is 0 Å². The first-order valence-corrected chi connectivity index (χ1v) is 7.57. The number of halogens is 1. The second kappa shape index (κ2) is 6.56. The maximum atomic E-state index is 13.8. The van der Waals surface area contributed by atoms with Crippen LogP contribution < -0.4 is 4.74 Å². The van der Waals surface area contributed by atoms with Gasteiger partial charge in [0.05, 0.1) is 13.0 Å². The third-order valence-electron chi connectivity index (χ3n) is 4.22. The lowest BCUT2D eigenvalue weighted by atomic mass is 9.97. The van der Waals surface area contributed by atoms with Gasteiger partial charge < -0.3 is 19.3 Å². The van der Waals surface area contributed by atoms with Crippen LogP contribution in [0.15, 0.2) is 22.7 Å². The van der Waals surface area contributed by atoms with E-state index in [9.17, 15) is 14.3 Å². The Morgan fingerprint density at radius 2 is 2.29 bits per heavy atom. The second-order valence-electron chi connectivity index (χ2n) is 5.79. The fourth-order valence-corrected chi connectivity index (χ4v) is 2.95. The fraction of sp³-hybridized carbons (Fsp3) is 0.438. The number of methoxy groups -OCH3 is 1. The molecule has 2 aromatic rings. The maximum absolute atomic E-state index is 13.8. The molecule has 1 saturated heterocycles. The molecule has 2 atom stereocenters. The van der Waals surface area contributed by atoms with Gasteiger partial charge in [-0.05, 0) is 25.1 Å². The molecule has 3 rings (SSSR count). The Labute approximate surface area is 138 Å². The average molecular weight is 335 g/mol. The molecular formula is C16H18FN3O4. The Bertz CT molecular complexity index is 749. The highest BCUT2D eigenvalue weighted by molar-refractivity contribution is 5.94. The predicted octanol–water partition coefficient (Wildman–Crippen LogP) is 1.37. The minimum absolute atomic E-state index is 0.0837. The smallest absolute Gasteiger partial charge is 0.253 e. The lowest BCUT2D eigenvalue weighted by molar-refractivity contribution is 0.0780. The molecule has 0 bridgehead atoms. The van der Waals surface area contributed by atoms with Gasteiger partial charge in [-0.1, -0.05) is 5.16 Å². The summed E-state index contributed by atoms with van der Waals surface area (Å²) in [6, 6.07) is 4.09. The number of ether oxygens (including phenoxy) is 1. The van der Waals surface area contributed by atoms with Gasteiger partial charge in [-0.2, -0.15) is 4.98 Å². The van der Waals surface area contributed by atoms with E-state index in [1.54, 1.807) is 11.8 Å². The summed E-state index contributed by atoms with van der Waals surface area (Å²) in [4.78, 5) is 18.4. The van der Waals surface area contributed by atoms with Crippen LogP contribution >= 0.6 is 0 Å². The van der Waals surface area contributed by atoms with Gasteiger partial charge in [-0.25, -0.2) is 4.39 Å². The van der Waals surface area contributed by atoms with Crippen LogP contribution in [0, 0.1) is 18.7 Å². The van der Waals surface area contributed by atoms with Crippen LogP contribution in [0.4, 0.5) is 4.39 Å². The SMILES string of the molecule is COc1ccc(C(=O)N2C[C@@H](CO)[C@H](c3nc(C)no3)C2)cc1F. The van der Waals surface area contributed by atoms with E-state index in [-0.39, 0.29) is 35.7 Å². The van der Waals surface area contributed by atoms with Gasteiger partial charge in [0.25, 0.3) is 5.91 Å². The van der Waals surface area contributed by atoms with Crippen LogP contribution in [0.3, 0.4) is 0 Å². The summed E-state index contributed by atoms with van der Waals surface area (Å²) in [5.41, 5.74) is 0.229.